The Bertz CT molecular complexity index is 1590. The molecule has 1 aromatic rings. The summed E-state index contributed by atoms with van der Waals surface area (Å²) in [5.41, 5.74) is 0.0504. The molecule has 3 N–H and O–H groups in total. The molecule has 0 saturated carbocycles. The van der Waals surface area contributed by atoms with Gasteiger partial charge in [0.15, 0.2) is 0 Å². The van der Waals surface area contributed by atoms with Gasteiger partial charge in [-0.05, 0) is 69.2 Å². The molecule has 6 amide bonds. The zero-order chi connectivity index (χ0) is 39.0. The molecule has 0 spiro atoms. The number of hydrogen-bond acceptors (Lipinski definition) is 8. The van der Waals surface area contributed by atoms with Gasteiger partial charge >= 0.3 is 5.97 Å². The number of unbranched alkanes of at least 4 members (excludes halogenated alkanes) is 2. The second-order valence-corrected chi connectivity index (χ2v) is 14.2. The quantitative estimate of drug-likeness (QED) is 0.193. The highest BCUT2D eigenvalue weighted by molar-refractivity contribution is 5.98. The van der Waals surface area contributed by atoms with Gasteiger partial charge in [-0.3, -0.25) is 28.8 Å². The van der Waals surface area contributed by atoms with Gasteiger partial charge in [0.2, 0.25) is 35.4 Å². The number of hydrogen-bond donors (Lipinski definition) is 3. The summed E-state index contributed by atoms with van der Waals surface area (Å²) < 4.78 is 33.9. The Kier molecular flexibility index (Phi) is 14.1. The van der Waals surface area contributed by atoms with Crippen LogP contribution in [0, 0.1) is 17.6 Å². The monoisotopic (exact) mass is 744 g/mol. The van der Waals surface area contributed by atoms with Crippen molar-refractivity contribution in [1.29, 1.82) is 0 Å². The van der Waals surface area contributed by atoms with Crippen molar-refractivity contribution < 1.29 is 47.1 Å². The van der Waals surface area contributed by atoms with E-state index in [-0.39, 0.29) is 43.8 Å². The van der Waals surface area contributed by atoms with Gasteiger partial charge in [0.1, 0.15) is 54.5 Å². The number of nitrogens with one attached hydrogen (secondary N) is 3. The summed E-state index contributed by atoms with van der Waals surface area (Å²) in [5, 5.41) is 7.74. The van der Waals surface area contributed by atoms with Gasteiger partial charge < -0.3 is 35.4 Å². The topological polar surface area (TPSA) is 175 Å². The van der Waals surface area contributed by atoms with Gasteiger partial charge in [0, 0.05) is 32.6 Å². The first-order valence-corrected chi connectivity index (χ1v) is 18.2. The Hall–Kier alpha value is -4.89. The van der Waals surface area contributed by atoms with E-state index in [2.05, 4.69) is 16.0 Å². The third kappa shape index (κ3) is 10.4. The highest BCUT2D eigenvalue weighted by Crippen LogP contribution is 2.26. The van der Waals surface area contributed by atoms with Crippen LogP contribution in [0.5, 0.6) is 0 Å². The summed E-state index contributed by atoms with van der Waals surface area (Å²) in [7, 11) is 1.42. The van der Waals surface area contributed by atoms with Gasteiger partial charge in [-0.15, -0.1) is 0 Å². The van der Waals surface area contributed by atoms with E-state index in [9.17, 15) is 42.3 Å². The molecule has 3 aliphatic rings. The van der Waals surface area contributed by atoms with Crippen LogP contribution in [-0.4, -0.2) is 119 Å². The molecule has 7 atom stereocenters. The molecule has 0 unspecified atom stereocenters. The fraction of sp³-hybridized carbons (Fsp3) is 0.595. The molecule has 0 aromatic heterocycles. The molecular weight excluding hydrogens is 694 g/mol. The molecule has 3 fully saturated rings. The predicted octanol–water partition coefficient (Wildman–Crippen LogP) is 1.36. The number of amides is 6. The molecule has 0 bridgehead atoms. The smallest absolute Gasteiger partial charge is 0.328 e. The normalized spacial score (nSPS) is 26.6. The molecule has 0 aliphatic carbocycles. The number of likely N-dealkylation sites (N-methyl/N-ethyl adjacent to an activating group) is 1. The zero-order valence-corrected chi connectivity index (χ0v) is 30.9. The van der Waals surface area contributed by atoms with Crippen molar-refractivity contribution >= 4 is 41.4 Å². The lowest BCUT2D eigenvalue weighted by Gasteiger charge is -2.34. The number of ether oxygens (including phenoxy) is 1. The molecule has 1 aromatic carbocycles. The first-order valence-electron chi connectivity index (χ1n) is 18.2. The molecular formula is C37H50F2N6O8. The van der Waals surface area contributed by atoms with Crippen LogP contribution in [0.3, 0.4) is 0 Å². The maximum Gasteiger partial charge on any atom is 0.328 e. The molecule has 53 heavy (non-hydrogen) atoms. The number of halogens is 2. The van der Waals surface area contributed by atoms with E-state index < -0.39 is 95.9 Å². The van der Waals surface area contributed by atoms with Crippen LogP contribution in [-0.2, 0) is 44.7 Å². The molecule has 3 aliphatic heterocycles. The Morgan fingerprint density at radius 3 is 2.38 bits per heavy atom. The number of allylic oxidation sites excluding steroid dienone is 1. The molecule has 3 saturated heterocycles. The maximum absolute atomic E-state index is 14.2. The minimum Gasteiger partial charge on any atom is -0.461 e. The molecule has 4 rings (SSSR count). The van der Waals surface area contributed by atoms with Crippen LogP contribution in [0.4, 0.5) is 8.78 Å². The Labute approximate surface area is 308 Å². The summed E-state index contributed by atoms with van der Waals surface area (Å²) in [4.78, 5) is 98.8. The van der Waals surface area contributed by atoms with Crippen LogP contribution < -0.4 is 16.0 Å². The number of carbonyl (C=O) groups excluding carboxylic acids is 7. The minimum absolute atomic E-state index is 0.0504. The van der Waals surface area contributed by atoms with E-state index in [0.29, 0.717) is 18.9 Å². The van der Waals surface area contributed by atoms with E-state index in [0.717, 1.165) is 25.0 Å². The molecule has 290 valence electrons. The highest BCUT2D eigenvalue weighted by Gasteiger charge is 2.44. The summed E-state index contributed by atoms with van der Waals surface area (Å²) in [6.45, 7) is 6.46. The Morgan fingerprint density at radius 2 is 1.70 bits per heavy atom. The molecule has 16 heteroatoms. The summed E-state index contributed by atoms with van der Waals surface area (Å²) in [6, 6.07) is -4.41. The van der Waals surface area contributed by atoms with Crippen molar-refractivity contribution in [3.63, 3.8) is 0 Å². The van der Waals surface area contributed by atoms with E-state index in [1.54, 1.807) is 6.08 Å². The van der Waals surface area contributed by atoms with Crippen LogP contribution in [0.1, 0.15) is 71.8 Å². The molecule has 0 radical (unpaired) electrons. The molecule has 3 heterocycles. The number of rotatable bonds is 9. The molecule has 14 nitrogen and oxygen atoms in total. The van der Waals surface area contributed by atoms with Crippen molar-refractivity contribution in [3.05, 3.63) is 47.5 Å². The maximum atomic E-state index is 14.2. The van der Waals surface area contributed by atoms with Gasteiger partial charge in [-0.25, -0.2) is 13.6 Å². The van der Waals surface area contributed by atoms with Crippen molar-refractivity contribution in [2.45, 2.75) is 109 Å². The van der Waals surface area contributed by atoms with E-state index >= 15 is 0 Å². The summed E-state index contributed by atoms with van der Waals surface area (Å²) in [6.07, 6.45) is 5.76. The van der Waals surface area contributed by atoms with Crippen LogP contribution >= 0.6 is 0 Å². The van der Waals surface area contributed by atoms with E-state index in [1.165, 1.54) is 41.7 Å². The Balaban J connectivity index is 1.68. The third-order valence-corrected chi connectivity index (χ3v) is 9.92. The second-order valence-electron chi connectivity index (χ2n) is 14.2. The Morgan fingerprint density at radius 1 is 1.00 bits per heavy atom. The van der Waals surface area contributed by atoms with Crippen LogP contribution in [0.15, 0.2) is 30.4 Å². The average molecular weight is 745 g/mol. The number of nitrogens with zero attached hydrogens (tertiary/aromatic N) is 3. The lowest BCUT2D eigenvalue weighted by Crippen LogP contribution is -2.60. The average Bonchev–Trinajstić information content (AvgIpc) is 3.76. The largest absolute Gasteiger partial charge is 0.461 e. The van der Waals surface area contributed by atoms with Crippen molar-refractivity contribution in [2.75, 3.05) is 26.7 Å². The van der Waals surface area contributed by atoms with Gasteiger partial charge in [0.25, 0.3) is 0 Å². The van der Waals surface area contributed by atoms with Gasteiger partial charge in [0.05, 0.1) is 0 Å². The predicted molar refractivity (Wildman–Crippen MR) is 187 cm³/mol. The van der Waals surface area contributed by atoms with Crippen molar-refractivity contribution in [1.82, 2.24) is 30.7 Å². The third-order valence-electron chi connectivity index (χ3n) is 9.92. The number of esters is 1. The fourth-order valence-electron chi connectivity index (χ4n) is 6.86. The number of fused-ring (bicyclic) bond motifs is 2. The number of cyclic esters (lactones) is 1. The standard InChI is InChI=1S/C37H50F2N6O8/c1-6-7-8-9-12-31(46)41-27(17-24-15-25(38)18-26(39)16-24)33(48)42-28-20-53-37(52)30-14-21(2)19-45(30)34(49)22(3)40-32(47)23(4)43(5)36(51)29-11-10-13-44(29)35(28)50/h9,12,15-16,18,21-23,27-30H,6-8,10-11,13-14,17,19-20H2,1-5H3,(H,40,47)(H,41,46)(H,42,48)/t21-,22+,23+,27+,28+,29+,30+/m1/s1. The lowest BCUT2D eigenvalue weighted by atomic mass is 10.0. The first-order chi connectivity index (χ1) is 25.1. The zero-order valence-electron chi connectivity index (χ0n) is 30.9. The summed E-state index contributed by atoms with van der Waals surface area (Å²) in [5.74, 6) is -6.74. The van der Waals surface area contributed by atoms with Crippen molar-refractivity contribution in [3.8, 4) is 0 Å². The van der Waals surface area contributed by atoms with E-state index in [1.807, 2.05) is 13.8 Å². The second kappa shape index (κ2) is 18.2. The minimum atomic E-state index is -1.57. The fourth-order valence-corrected chi connectivity index (χ4v) is 6.86. The van der Waals surface area contributed by atoms with Crippen LogP contribution in [0.2, 0.25) is 0 Å². The SMILES string of the molecule is CCCCC=CC(=O)N[C@@H](Cc1cc(F)cc(F)c1)C(=O)N[C@H]1COC(=O)[C@@H]2C[C@@H](C)CN2C(=O)[C@H](C)NC(=O)[C@H](C)N(C)C(=O)[C@@H]2CCCN2C1=O. The van der Waals surface area contributed by atoms with E-state index in [4.69, 9.17) is 4.74 Å². The summed E-state index contributed by atoms with van der Waals surface area (Å²) >= 11 is 0. The highest BCUT2D eigenvalue weighted by atomic mass is 19.1. The van der Waals surface area contributed by atoms with Crippen LogP contribution in [0.25, 0.3) is 0 Å². The number of carbonyl (C=O) groups is 7. The first kappa shape index (κ1) is 40.9. The van der Waals surface area contributed by atoms with Crippen molar-refractivity contribution in [2.24, 2.45) is 5.92 Å². The lowest BCUT2D eigenvalue weighted by molar-refractivity contribution is -0.158. The van der Waals surface area contributed by atoms with Gasteiger partial charge in [-0.2, -0.15) is 0 Å². The number of benzene rings is 1. The van der Waals surface area contributed by atoms with Gasteiger partial charge in [-0.1, -0.05) is 32.8 Å².